The maximum atomic E-state index is 12.4. The third kappa shape index (κ3) is 4.71. The van der Waals surface area contributed by atoms with E-state index < -0.39 is 5.60 Å². The summed E-state index contributed by atoms with van der Waals surface area (Å²) in [5.41, 5.74) is 2.04. The summed E-state index contributed by atoms with van der Waals surface area (Å²) in [7, 11) is 0. The molecule has 172 valence electrons. The number of hydrogen-bond donors (Lipinski definition) is 2. The number of hydrogen-bond acceptors (Lipinski definition) is 8. The minimum atomic E-state index is -0.484. The second-order valence-corrected chi connectivity index (χ2v) is 9.96. The second kappa shape index (κ2) is 8.44. The maximum absolute atomic E-state index is 12.4. The van der Waals surface area contributed by atoms with Gasteiger partial charge in [0.1, 0.15) is 5.60 Å². The molecule has 2 aliphatic rings. The molecule has 0 bridgehead atoms. The highest BCUT2D eigenvalue weighted by molar-refractivity contribution is 5.87. The summed E-state index contributed by atoms with van der Waals surface area (Å²) in [6.45, 7) is 12.7. The Morgan fingerprint density at radius 3 is 2.53 bits per heavy atom. The van der Waals surface area contributed by atoms with Crippen molar-refractivity contribution in [1.82, 2.24) is 15.0 Å². The number of fused-ring (bicyclic) bond motifs is 1. The Morgan fingerprint density at radius 2 is 1.94 bits per heavy atom. The van der Waals surface area contributed by atoms with E-state index in [2.05, 4.69) is 34.2 Å². The first-order valence-electron chi connectivity index (χ1n) is 11.1. The van der Waals surface area contributed by atoms with Crippen LogP contribution in [0.25, 0.3) is 11.4 Å². The fraction of sp³-hybridized carbons (Fsp3) is 0.565. The number of amides is 1. The molecule has 32 heavy (non-hydrogen) atoms. The van der Waals surface area contributed by atoms with Crippen LogP contribution in [0.15, 0.2) is 22.7 Å². The molecule has 0 radical (unpaired) electrons. The maximum Gasteiger partial charge on any atom is 0.410 e. The van der Waals surface area contributed by atoms with Crippen molar-refractivity contribution in [2.75, 3.05) is 36.4 Å². The predicted molar refractivity (Wildman–Crippen MR) is 123 cm³/mol. The Morgan fingerprint density at radius 1 is 1.25 bits per heavy atom. The van der Waals surface area contributed by atoms with Crippen LogP contribution in [0.5, 0.6) is 0 Å². The van der Waals surface area contributed by atoms with Crippen LogP contribution >= 0.6 is 0 Å². The minimum absolute atomic E-state index is 0.238. The van der Waals surface area contributed by atoms with Gasteiger partial charge in [-0.05, 0) is 40.7 Å². The van der Waals surface area contributed by atoms with E-state index in [0.29, 0.717) is 36.8 Å². The van der Waals surface area contributed by atoms with Crippen LogP contribution in [0, 0.1) is 17.2 Å². The molecule has 9 heteroatoms. The molecule has 2 N–H and O–H groups in total. The van der Waals surface area contributed by atoms with Crippen LogP contribution in [0.2, 0.25) is 0 Å². The number of nitrogens with one attached hydrogen (secondary N) is 2. The van der Waals surface area contributed by atoms with Crippen molar-refractivity contribution >= 4 is 24.0 Å². The van der Waals surface area contributed by atoms with Crippen molar-refractivity contribution in [2.45, 2.75) is 46.3 Å². The molecule has 2 aromatic rings. The summed E-state index contributed by atoms with van der Waals surface area (Å²) in [6.07, 6.45) is 1.09. The number of benzene rings is 1. The first-order valence-corrected chi connectivity index (χ1v) is 11.1. The summed E-state index contributed by atoms with van der Waals surface area (Å²) in [5.74, 6) is 1.26. The third-order valence-electron chi connectivity index (χ3n) is 5.73. The van der Waals surface area contributed by atoms with Crippen LogP contribution in [-0.4, -0.2) is 65.2 Å². The van der Waals surface area contributed by atoms with Crippen LogP contribution in [0.4, 0.5) is 16.5 Å². The Kier molecular flexibility index (Phi) is 5.83. The van der Waals surface area contributed by atoms with E-state index in [-0.39, 0.29) is 12.1 Å². The minimum Gasteiger partial charge on any atom is -0.444 e. The van der Waals surface area contributed by atoms with Crippen LogP contribution < -0.4 is 10.2 Å². The normalized spacial score (nSPS) is 20.6. The Bertz CT molecular complexity index is 982. The zero-order chi connectivity index (χ0) is 23.0. The molecule has 0 saturated carbocycles. The van der Waals surface area contributed by atoms with Crippen molar-refractivity contribution in [3.05, 3.63) is 23.8 Å². The van der Waals surface area contributed by atoms with E-state index in [1.165, 1.54) is 6.21 Å². The SMILES string of the molecule is CC(C)Nc1cc(-c2noc(N3CC4CN(C(=O)OC(C)(C)C)CC4C3)n2)ccc1C=N. The van der Waals surface area contributed by atoms with Gasteiger partial charge >= 0.3 is 12.1 Å². The molecule has 9 nitrogen and oxygen atoms in total. The molecule has 2 atom stereocenters. The van der Waals surface area contributed by atoms with E-state index in [4.69, 9.17) is 14.7 Å². The molecule has 0 spiro atoms. The molecule has 2 aliphatic heterocycles. The van der Waals surface area contributed by atoms with Gasteiger partial charge in [0, 0.05) is 67.1 Å². The molecule has 2 saturated heterocycles. The lowest BCUT2D eigenvalue weighted by molar-refractivity contribution is 0.0282. The molecule has 1 amide bonds. The van der Waals surface area contributed by atoms with Gasteiger partial charge in [0.25, 0.3) is 0 Å². The lowest BCUT2D eigenvalue weighted by Gasteiger charge is -2.25. The second-order valence-electron chi connectivity index (χ2n) is 9.96. The molecule has 4 rings (SSSR count). The summed E-state index contributed by atoms with van der Waals surface area (Å²) >= 11 is 0. The highest BCUT2D eigenvalue weighted by Gasteiger charge is 2.44. The lowest BCUT2D eigenvalue weighted by atomic mass is 10.0. The first kappa shape index (κ1) is 22.1. The third-order valence-corrected chi connectivity index (χ3v) is 5.73. The monoisotopic (exact) mass is 440 g/mol. The zero-order valence-electron chi connectivity index (χ0n) is 19.4. The highest BCUT2D eigenvalue weighted by Crippen LogP contribution is 2.35. The summed E-state index contributed by atoms with van der Waals surface area (Å²) in [5, 5.41) is 15.2. The molecule has 1 aromatic heterocycles. The van der Waals surface area contributed by atoms with Crippen molar-refractivity contribution < 1.29 is 14.1 Å². The van der Waals surface area contributed by atoms with Crippen molar-refractivity contribution in [3.8, 4) is 11.4 Å². The van der Waals surface area contributed by atoms with E-state index in [1.807, 2.05) is 43.9 Å². The van der Waals surface area contributed by atoms with Crippen LogP contribution in [-0.2, 0) is 4.74 Å². The van der Waals surface area contributed by atoms with Gasteiger partial charge in [-0.25, -0.2) is 4.79 Å². The molecule has 2 unspecified atom stereocenters. The van der Waals surface area contributed by atoms with Crippen molar-refractivity contribution in [1.29, 1.82) is 5.41 Å². The average molecular weight is 441 g/mol. The van der Waals surface area contributed by atoms with Crippen LogP contribution in [0.1, 0.15) is 40.2 Å². The summed E-state index contributed by atoms with van der Waals surface area (Å²) < 4.78 is 11.1. The zero-order valence-corrected chi connectivity index (χ0v) is 19.4. The van der Waals surface area contributed by atoms with Crippen molar-refractivity contribution in [2.24, 2.45) is 11.8 Å². The fourth-order valence-corrected chi connectivity index (χ4v) is 4.34. The Labute approximate surface area is 188 Å². The molecule has 2 fully saturated rings. The number of anilines is 2. The molecular weight excluding hydrogens is 408 g/mol. The number of aromatic nitrogens is 2. The van der Waals surface area contributed by atoms with Gasteiger partial charge in [-0.3, -0.25) is 0 Å². The Balaban J connectivity index is 1.42. The first-order chi connectivity index (χ1) is 15.1. The van der Waals surface area contributed by atoms with Gasteiger partial charge in [0.2, 0.25) is 5.82 Å². The van der Waals surface area contributed by atoms with Gasteiger partial charge in [-0.1, -0.05) is 17.3 Å². The molecule has 0 aliphatic carbocycles. The predicted octanol–water partition coefficient (Wildman–Crippen LogP) is 3.86. The smallest absolute Gasteiger partial charge is 0.410 e. The standard InChI is InChI=1S/C23H32N6O3/c1-14(2)25-19-8-15(6-7-16(19)9-24)20-26-21(32-27-20)28-10-17-12-29(13-18(17)11-28)22(30)31-23(3,4)5/h6-9,14,17-18,24-25H,10-13H2,1-5H3. The summed E-state index contributed by atoms with van der Waals surface area (Å²) in [6, 6.07) is 6.49. The molecular formula is C23H32N6O3. The van der Waals surface area contributed by atoms with E-state index in [9.17, 15) is 4.79 Å². The fourth-order valence-electron chi connectivity index (χ4n) is 4.34. The largest absolute Gasteiger partial charge is 0.444 e. The number of carbonyl (C=O) groups is 1. The van der Waals surface area contributed by atoms with Gasteiger partial charge < -0.3 is 29.8 Å². The highest BCUT2D eigenvalue weighted by atomic mass is 16.6. The molecule has 3 heterocycles. The van der Waals surface area contributed by atoms with Crippen LogP contribution in [0.3, 0.4) is 0 Å². The number of likely N-dealkylation sites (tertiary alicyclic amines) is 1. The number of ether oxygens (including phenoxy) is 1. The number of carbonyl (C=O) groups excluding carboxylic acids is 1. The van der Waals surface area contributed by atoms with E-state index in [1.54, 1.807) is 0 Å². The summed E-state index contributed by atoms with van der Waals surface area (Å²) in [4.78, 5) is 20.9. The number of nitrogens with zero attached hydrogens (tertiary/aromatic N) is 4. The quantitative estimate of drug-likeness (QED) is 0.680. The number of rotatable bonds is 5. The van der Waals surface area contributed by atoms with E-state index >= 15 is 0 Å². The average Bonchev–Trinajstić information content (AvgIpc) is 3.40. The van der Waals surface area contributed by atoms with Gasteiger partial charge in [0.15, 0.2) is 0 Å². The molecule has 1 aromatic carbocycles. The lowest BCUT2D eigenvalue weighted by Crippen LogP contribution is -2.37. The Hall–Kier alpha value is -3.10. The topological polar surface area (TPSA) is 108 Å². The van der Waals surface area contributed by atoms with Crippen molar-refractivity contribution in [3.63, 3.8) is 0 Å². The van der Waals surface area contributed by atoms with Gasteiger partial charge in [0.05, 0.1) is 0 Å². The van der Waals surface area contributed by atoms with Gasteiger partial charge in [-0.2, -0.15) is 4.98 Å². The van der Waals surface area contributed by atoms with Gasteiger partial charge in [-0.15, -0.1) is 0 Å². The van der Waals surface area contributed by atoms with E-state index in [0.717, 1.165) is 29.9 Å².